The summed E-state index contributed by atoms with van der Waals surface area (Å²) in [6.07, 6.45) is 0. The smallest absolute Gasteiger partial charge is 0.252 e. The lowest BCUT2D eigenvalue weighted by atomic mass is 10.3. The van der Waals surface area contributed by atoms with Crippen molar-refractivity contribution in [2.75, 3.05) is 18.1 Å². The highest BCUT2D eigenvalue weighted by Crippen LogP contribution is 2.30. The highest BCUT2D eigenvalue weighted by atomic mass is 32.2. The summed E-state index contributed by atoms with van der Waals surface area (Å²) in [6.45, 7) is 3.13. The van der Waals surface area contributed by atoms with Gasteiger partial charge in [-0.3, -0.25) is 0 Å². The first-order chi connectivity index (χ1) is 9.17. The first-order valence-corrected chi connectivity index (χ1v) is 10.2. The molecule has 1 fully saturated rings. The van der Waals surface area contributed by atoms with E-state index in [1.807, 2.05) is 0 Å². The third kappa shape index (κ3) is 2.91. The standard InChI is InChI=1S/C11H17NO5S3/c1-8-5-11(18-10(8)6-13)20(16,17)12-3-4-19(14,15)7-9(12)2/h5,9,13H,3-4,6-7H2,1-2H3. The molecular formula is C11H17NO5S3. The van der Waals surface area contributed by atoms with Gasteiger partial charge in [0.1, 0.15) is 4.21 Å². The van der Waals surface area contributed by atoms with Crippen molar-refractivity contribution in [2.24, 2.45) is 0 Å². The number of rotatable bonds is 3. The summed E-state index contributed by atoms with van der Waals surface area (Å²) in [6, 6.07) is 0.959. The van der Waals surface area contributed by atoms with Gasteiger partial charge in [0, 0.05) is 17.5 Å². The molecule has 1 saturated heterocycles. The van der Waals surface area contributed by atoms with Gasteiger partial charge >= 0.3 is 0 Å². The Morgan fingerprint density at radius 3 is 2.65 bits per heavy atom. The fraction of sp³-hybridized carbons (Fsp3) is 0.636. The van der Waals surface area contributed by atoms with Gasteiger partial charge in [0.25, 0.3) is 10.0 Å². The second-order valence-electron chi connectivity index (χ2n) is 4.91. The lowest BCUT2D eigenvalue weighted by Crippen LogP contribution is -2.49. The molecule has 2 heterocycles. The second-order valence-corrected chi connectivity index (χ2v) is 10.4. The predicted molar refractivity (Wildman–Crippen MR) is 77.0 cm³/mol. The van der Waals surface area contributed by atoms with Crippen LogP contribution in [0.4, 0.5) is 0 Å². The Morgan fingerprint density at radius 2 is 2.15 bits per heavy atom. The molecule has 1 aliphatic heterocycles. The molecule has 0 radical (unpaired) electrons. The van der Waals surface area contributed by atoms with Gasteiger partial charge in [-0.15, -0.1) is 11.3 Å². The quantitative estimate of drug-likeness (QED) is 0.858. The van der Waals surface area contributed by atoms with Gasteiger partial charge in [-0.1, -0.05) is 0 Å². The summed E-state index contributed by atoms with van der Waals surface area (Å²) in [5, 5.41) is 9.15. The number of sulfonamides is 1. The average molecular weight is 339 g/mol. The lowest BCUT2D eigenvalue weighted by Gasteiger charge is -2.31. The minimum Gasteiger partial charge on any atom is -0.391 e. The van der Waals surface area contributed by atoms with Crippen LogP contribution in [0.2, 0.25) is 0 Å². The van der Waals surface area contributed by atoms with E-state index in [2.05, 4.69) is 0 Å². The molecule has 2 rings (SSSR count). The highest BCUT2D eigenvalue weighted by Gasteiger charge is 2.37. The number of aryl methyl sites for hydroxylation is 1. The van der Waals surface area contributed by atoms with Crippen molar-refractivity contribution in [3.8, 4) is 0 Å². The van der Waals surface area contributed by atoms with Crippen LogP contribution in [0.3, 0.4) is 0 Å². The molecule has 0 bridgehead atoms. The monoisotopic (exact) mass is 339 g/mol. The van der Waals surface area contributed by atoms with E-state index in [1.165, 1.54) is 10.4 Å². The minimum atomic E-state index is -3.70. The molecule has 1 N–H and O–H groups in total. The Labute approximate surface area is 123 Å². The molecule has 1 atom stereocenters. The van der Waals surface area contributed by atoms with Crippen LogP contribution in [0.5, 0.6) is 0 Å². The van der Waals surface area contributed by atoms with Gasteiger partial charge < -0.3 is 5.11 Å². The number of hydrogen-bond donors (Lipinski definition) is 1. The maximum Gasteiger partial charge on any atom is 0.252 e. The van der Waals surface area contributed by atoms with E-state index in [0.29, 0.717) is 4.88 Å². The Balaban J connectivity index is 2.35. The van der Waals surface area contributed by atoms with Crippen LogP contribution in [-0.2, 0) is 26.5 Å². The molecule has 0 spiro atoms. The molecular weight excluding hydrogens is 322 g/mol. The average Bonchev–Trinajstić information content (AvgIpc) is 2.69. The number of aliphatic hydroxyl groups excluding tert-OH is 1. The highest BCUT2D eigenvalue weighted by molar-refractivity contribution is 7.92. The zero-order valence-corrected chi connectivity index (χ0v) is 13.7. The summed E-state index contributed by atoms with van der Waals surface area (Å²) in [7, 11) is -6.85. The summed E-state index contributed by atoms with van der Waals surface area (Å²) in [5.41, 5.74) is 0.730. The fourth-order valence-corrected chi connectivity index (χ4v) is 7.21. The molecule has 1 aromatic heterocycles. The van der Waals surface area contributed by atoms with E-state index in [0.717, 1.165) is 16.9 Å². The van der Waals surface area contributed by atoms with E-state index in [9.17, 15) is 16.8 Å². The molecule has 0 aliphatic carbocycles. The van der Waals surface area contributed by atoms with Gasteiger partial charge in [0.15, 0.2) is 9.84 Å². The van der Waals surface area contributed by atoms with Gasteiger partial charge in [-0.05, 0) is 25.5 Å². The number of nitrogens with zero attached hydrogens (tertiary/aromatic N) is 1. The summed E-state index contributed by atoms with van der Waals surface area (Å²) < 4.78 is 49.5. The van der Waals surface area contributed by atoms with E-state index in [1.54, 1.807) is 13.8 Å². The number of thiophene rings is 1. The van der Waals surface area contributed by atoms with Crippen molar-refractivity contribution in [1.82, 2.24) is 4.31 Å². The zero-order chi connectivity index (χ0) is 15.1. The molecule has 20 heavy (non-hydrogen) atoms. The Bertz CT molecular complexity index is 704. The van der Waals surface area contributed by atoms with Gasteiger partial charge in [-0.25, -0.2) is 16.8 Å². The van der Waals surface area contributed by atoms with Crippen molar-refractivity contribution in [1.29, 1.82) is 0 Å². The molecule has 0 saturated carbocycles. The van der Waals surface area contributed by atoms with Gasteiger partial charge in [0.2, 0.25) is 0 Å². The Morgan fingerprint density at radius 1 is 1.50 bits per heavy atom. The maximum absolute atomic E-state index is 12.6. The van der Waals surface area contributed by atoms with Crippen LogP contribution in [-0.4, -0.2) is 50.3 Å². The van der Waals surface area contributed by atoms with Crippen molar-refractivity contribution in [3.05, 3.63) is 16.5 Å². The number of aliphatic hydroxyl groups is 1. The van der Waals surface area contributed by atoms with Crippen LogP contribution in [0.1, 0.15) is 17.4 Å². The minimum absolute atomic E-state index is 0.0166. The van der Waals surface area contributed by atoms with Crippen molar-refractivity contribution in [2.45, 2.75) is 30.7 Å². The van der Waals surface area contributed by atoms with Crippen LogP contribution in [0, 0.1) is 6.92 Å². The van der Waals surface area contributed by atoms with E-state index in [-0.39, 0.29) is 28.9 Å². The molecule has 1 aromatic rings. The van der Waals surface area contributed by atoms with Gasteiger partial charge in [-0.2, -0.15) is 4.31 Å². The van der Waals surface area contributed by atoms with Crippen LogP contribution in [0.25, 0.3) is 0 Å². The maximum atomic E-state index is 12.6. The fourth-order valence-electron chi connectivity index (χ4n) is 2.23. The van der Waals surface area contributed by atoms with E-state index < -0.39 is 25.9 Å². The van der Waals surface area contributed by atoms with Gasteiger partial charge in [0.05, 0.1) is 18.1 Å². The molecule has 6 nitrogen and oxygen atoms in total. The first-order valence-electron chi connectivity index (χ1n) is 6.10. The van der Waals surface area contributed by atoms with Crippen molar-refractivity contribution >= 4 is 31.2 Å². The molecule has 0 amide bonds. The van der Waals surface area contributed by atoms with Crippen molar-refractivity contribution in [3.63, 3.8) is 0 Å². The van der Waals surface area contributed by atoms with E-state index in [4.69, 9.17) is 5.11 Å². The normalized spacial score (nSPS) is 23.9. The SMILES string of the molecule is Cc1cc(S(=O)(=O)N2CCS(=O)(=O)CC2C)sc1CO. The summed E-state index contributed by atoms with van der Waals surface area (Å²) in [5.74, 6) is -0.294. The van der Waals surface area contributed by atoms with Crippen LogP contribution in [0.15, 0.2) is 10.3 Å². The topological polar surface area (TPSA) is 91.8 Å². The Hall–Kier alpha value is -0.480. The lowest BCUT2D eigenvalue weighted by molar-refractivity contribution is 0.285. The molecule has 1 unspecified atom stereocenters. The molecule has 1 aliphatic rings. The summed E-state index contributed by atoms with van der Waals surface area (Å²) in [4.78, 5) is 0.612. The molecule has 114 valence electrons. The number of hydrogen-bond acceptors (Lipinski definition) is 6. The Kier molecular flexibility index (Phi) is 4.27. The zero-order valence-electron chi connectivity index (χ0n) is 11.2. The van der Waals surface area contributed by atoms with Crippen LogP contribution < -0.4 is 0 Å². The number of sulfone groups is 1. The van der Waals surface area contributed by atoms with Crippen molar-refractivity contribution < 1.29 is 21.9 Å². The van der Waals surface area contributed by atoms with E-state index >= 15 is 0 Å². The molecule has 0 aromatic carbocycles. The third-order valence-corrected chi connectivity index (χ3v) is 8.79. The molecule has 9 heteroatoms. The second kappa shape index (κ2) is 5.38. The largest absolute Gasteiger partial charge is 0.391 e. The predicted octanol–water partition coefficient (Wildman–Crippen LogP) is 0.356. The third-order valence-electron chi connectivity index (χ3n) is 3.31. The van der Waals surface area contributed by atoms with Crippen LogP contribution >= 0.6 is 11.3 Å². The first kappa shape index (κ1) is 15.9. The summed E-state index contributed by atoms with van der Waals surface area (Å²) >= 11 is 1.03.